The quantitative estimate of drug-likeness (QED) is 0.670. The van der Waals surface area contributed by atoms with Gasteiger partial charge in [0.25, 0.3) is 0 Å². The number of hydrogen-bond acceptors (Lipinski definition) is 4. The summed E-state index contributed by atoms with van der Waals surface area (Å²) in [6.07, 6.45) is 1.25. The molecule has 0 bridgehead atoms. The number of nitrogens with zero attached hydrogens (tertiary/aromatic N) is 1. The lowest BCUT2D eigenvalue weighted by atomic mass is 10.2. The lowest BCUT2D eigenvalue weighted by Crippen LogP contribution is -2.07. The minimum atomic E-state index is -0.366. The van der Waals surface area contributed by atoms with Crippen molar-refractivity contribution in [3.63, 3.8) is 0 Å². The fourth-order valence-electron chi connectivity index (χ4n) is 1.63. The van der Waals surface area contributed by atoms with Crippen molar-refractivity contribution in [1.29, 1.82) is 0 Å². The molecule has 0 aromatic carbocycles. The zero-order valence-electron chi connectivity index (χ0n) is 7.00. The molecule has 1 aromatic heterocycles. The highest BCUT2D eigenvalue weighted by Crippen LogP contribution is 2.32. The first-order chi connectivity index (χ1) is 5.83. The van der Waals surface area contributed by atoms with E-state index < -0.39 is 0 Å². The van der Waals surface area contributed by atoms with Crippen LogP contribution in [0.25, 0.3) is 0 Å². The summed E-state index contributed by atoms with van der Waals surface area (Å²) in [7, 11) is 1.84. The third-order valence-corrected chi connectivity index (χ3v) is 2.20. The normalized spacial score (nSPS) is 21.3. The molecule has 0 amide bonds. The van der Waals surface area contributed by atoms with E-state index in [0.29, 0.717) is 6.54 Å². The zero-order chi connectivity index (χ0) is 8.55. The Bertz CT molecular complexity index is 283. The molecule has 1 atom stereocenters. The first-order valence-electron chi connectivity index (χ1n) is 4.13. The molecule has 66 valence electrons. The van der Waals surface area contributed by atoms with Crippen molar-refractivity contribution in [3.05, 3.63) is 17.0 Å². The molecule has 0 aliphatic heterocycles. The van der Waals surface area contributed by atoms with Gasteiger partial charge >= 0.3 is 0 Å². The maximum Gasteiger partial charge on any atom is 0.156 e. The third kappa shape index (κ3) is 1.04. The highest BCUT2D eigenvalue weighted by molar-refractivity contribution is 5.29. The second-order valence-electron chi connectivity index (χ2n) is 3.05. The van der Waals surface area contributed by atoms with Crippen LogP contribution in [0.2, 0.25) is 0 Å². The Balaban J connectivity index is 2.32. The number of rotatable bonds is 2. The highest BCUT2D eigenvalue weighted by atomic mass is 16.5. The van der Waals surface area contributed by atoms with E-state index in [1.165, 1.54) is 0 Å². The van der Waals surface area contributed by atoms with Crippen LogP contribution in [-0.2, 0) is 13.0 Å². The number of aromatic nitrogens is 1. The maximum absolute atomic E-state index is 9.55. The predicted molar refractivity (Wildman–Crippen MR) is 42.5 cm³/mol. The molecule has 1 unspecified atom stereocenters. The summed E-state index contributed by atoms with van der Waals surface area (Å²) in [6, 6.07) is 0. The Morgan fingerprint density at radius 2 is 2.58 bits per heavy atom. The molecule has 1 heterocycles. The van der Waals surface area contributed by atoms with E-state index in [1.54, 1.807) is 0 Å². The van der Waals surface area contributed by atoms with Gasteiger partial charge in [0.2, 0.25) is 0 Å². The molecule has 2 rings (SSSR count). The minimum Gasteiger partial charge on any atom is -0.388 e. The number of nitrogens with one attached hydrogen (secondary N) is 1. The van der Waals surface area contributed by atoms with E-state index in [2.05, 4.69) is 10.5 Å². The predicted octanol–water partition coefficient (Wildman–Crippen LogP) is 0.374. The third-order valence-electron chi connectivity index (χ3n) is 2.20. The van der Waals surface area contributed by atoms with E-state index in [0.717, 1.165) is 29.9 Å². The van der Waals surface area contributed by atoms with Gasteiger partial charge < -0.3 is 14.9 Å². The van der Waals surface area contributed by atoms with Crippen LogP contribution in [0.5, 0.6) is 0 Å². The molecule has 1 aliphatic carbocycles. The van der Waals surface area contributed by atoms with Crippen molar-refractivity contribution in [1.82, 2.24) is 10.5 Å². The zero-order valence-corrected chi connectivity index (χ0v) is 7.00. The molecule has 0 saturated carbocycles. The molecule has 0 radical (unpaired) electrons. The average molecular weight is 168 g/mol. The summed E-state index contributed by atoms with van der Waals surface area (Å²) >= 11 is 0. The minimum absolute atomic E-state index is 0.366. The van der Waals surface area contributed by atoms with Gasteiger partial charge in [0.15, 0.2) is 5.76 Å². The molecule has 12 heavy (non-hydrogen) atoms. The Kier molecular flexibility index (Phi) is 1.86. The van der Waals surface area contributed by atoms with Crippen LogP contribution < -0.4 is 5.32 Å². The van der Waals surface area contributed by atoms with Gasteiger partial charge in [0.05, 0.1) is 18.3 Å². The van der Waals surface area contributed by atoms with Crippen LogP contribution in [0.1, 0.15) is 29.5 Å². The topological polar surface area (TPSA) is 58.3 Å². The standard InChI is InChI=1S/C8H12N2O2/c1-9-4-7-8-5(10-12-7)2-3-6(8)11/h6,9,11H,2-4H2,1H3. The first-order valence-corrected chi connectivity index (χ1v) is 4.13. The van der Waals surface area contributed by atoms with Gasteiger partial charge in [0, 0.05) is 5.56 Å². The van der Waals surface area contributed by atoms with Crippen molar-refractivity contribution in [2.75, 3.05) is 7.05 Å². The number of aryl methyl sites for hydroxylation is 1. The molecule has 0 saturated heterocycles. The Morgan fingerprint density at radius 3 is 3.33 bits per heavy atom. The van der Waals surface area contributed by atoms with Gasteiger partial charge in [-0.15, -0.1) is 0 Å². The number of hydrogen-bond donors (Lipinski definition) is 2. The van der Waals surface area contributed by atoms with Gasteiger partial charge in [-0.25, -0.2) is 0 Å². The molecule has 1 aliphatic rings. The lowest BCUT2D eigenvalue weighted by Gasteiger charge is -2.01. The van der Waals surface area contributed by atoms with Gasteiger partial charge in [-0.3, -0.25) is 0 Å². The van der Waals surface area contributed by atoms with E-state index >= 15 is 0 Å². The number of aliphatic hydroxyl groups excluding tert-OH is 1. The molecule has 2 N–H and O–H groups in total. The second-order valence-corrected chi connectivity index (χ2v) is 3.05. The smallest absolute Gasteiger partial charge is 0.156 e. The van der Waals surface area contributed by atoms with Gasteiger partial charge in [-0.2, -0.15) is 0 Å². The molecular weight excluding hydrogens is 156 g/mol. The summed E-state index contributed by atoms with van der Waals surface area (Å²) in [5.41, 5.74) is 1.83. The monoisotopic (exact) mass is 168 g/mol. The van der Waals surface area contributed by atoms with E-state index in [4.69, 9.17) is 4.52 Å². The van der Waals surface area contributed by atoms with Crippen LogP contribution in [0.4, 0.5) is 0 Å². The van der Waals surface area contributed by atoms with Crippen LogP contribution in [0, 0.1) is 0 Å². The van der Waals surface area contributed by atoms with Crippen LogP contribution >= 0.6 is 0 Å². The van der Waals surface area contributed by atoms with E-state index in [1.807, 2.05) is 7.05 Å². The van der Waals surface area contributed by atoms with Crippen molar-refractivity contribution in [2.24, 2.45) is 0 Å². The molecule has 0 spiro atoms. The largest absolute Gasteiger partial charge is 0.388 e. The van der Waals surface area contributed by atoms with Gasteiger partial charge in [0.1, 0.15) is 0 Å². The van der Waals surface area contributed by atoms with Gasteiger partial charge in [-0.05, 0) is 19.9 Å². The van der Waals surface area contributed by atoms with Crippen molar-refractivity contribution < 1.29 is 9.63 Å². The SMILES string of the molecule is CNCc1onc2c1C(O)CC2. The fourth-order valence-corrected chi connectivity index (χ4v) is 1.63. The molecular formula is C8H12N2O2. The Hall–Kier alpha value is -0.870. The number of aliphatic hydroxyl groups is 1. The van der Waals surface area contributed by atoms with E-state index in [9.17, 15) is 5.11 Å². The molecule has 4 nitrogen and oxygen atoms in total. The molecule has 0 fully saturated rings. The summed E-state index contributed by atoms with van der Waals surface area (Å²) in [5, 5.41) is 16.4. The Morgan fingerprint density at radius 1 is 1.75 bits per heavy atom. The Labute approximate surface area is 70.6 Å². The van der Waals surface area contributed by atoms with E-state index in [-0.39, 0.29) is 6.10 Å². The summed E-state index contributed by atoms with van der Waals surface area (Å²) in [4.78, 5) is 0. The molecule has 1 aromatic rings. The fraction of sp³-hybridized carbons (Fsp3) is 0.625. The second kappa shape index (κ2) is 2.88. The van der Waals surface area contributed by atoms with Crippen molar-refractivity contribution in [2.45, 2.75) is 25.5 Å². The summed E-state index contributed by atoms with van der Waals surface area (Å²) < 4.78 is 5.08. The highest BCUT2D eigenvalue weighted by Gasteiger charge is 2.28. The van der Waals surface area contributed by atoms with Gasteiger partial charge in [-0.1, -0.05) is 5.16 Å². The molecule has 4 heteroatoms. The van der Waals surface area contributed by atoms with Crippen LogP contribution in [0.3, 0.4) is 0 Å². The van der Waals surface area contributed by atoms with Crippen LogP contribution in [-0.4, -0.2) is 17.3 Å². The van der Waals surface area contributed by atoms with Crippen molar-refractivity contribution >= 4 is 0 Å². The summed E-state index contributed by atoms with van der Waals surface area (Å²) in [6.45, 7) is 0.638. The van der Waals surface area contributed by atoms with Crippen LogP contribution in [0.15, 0.2) is 4.52 Å². The lowest BCUT2D eigenvalue weighted by molar-refractivity contribution is 0.174. The number of fused-ring (bicyclic) bond motifs is 1. The average Bonchev–Trinajstić information content (AvgIpc) is 2.58. The van der Waals surface area contributed by atoms with Crippen molar-refractivity contribution in [3.8, 4) is 0 Å². The summed E-state index contributed by atoms with van der Waals surface area (Å²) in [5.74, 6) is 0.775. The maximum atomic E-state index is 9.55. The first kappa shape index (κ1) is 7.76.